The Hall–Kier alpha value is -2.08. The molecule has 2 fully saturated rings. The monoisotopic (exact) mass is 327 g/mol. The predicted octanol–water partition coefficient (Wildman–Crippen LogP) is 2.83. The second-order valence-corrected chi connectivity index (χ2v) is 8.09. The summed E-state index contributed by atoms with van der Waals surface area (Å²) in [5.74, 6) is -0.360. The van der Waals surface area contributed by atoms with Crippen molar-refractivity contribution in [1.29, 1.82) is 5.41 Å². The van der Waals surface area contributed by atoms with Crippen molar-refractivity contribution < 1.29 is 9.59 Å². The highest BCUT2D eigenvalue weighted by atomic mass is 32.1. The molecule has 2 atom stereocenters. The van der Waals surface area contributed by atoms with E-state index in [0.29, 0.717) is 12.3 Å². The van der Waals surface area contributed by atoms with Crippen molar-refractivity contribution in [1.82, 2.24) is 9.88 Å². The van der Waals surface area contributed by atoms with Gasteiger partial charge in [0.25, 0.3) is 0 Å². The van der Waals surface area contributed by atoms with Gasteiger partial charge in [0, 0.05) is 22.3 Å². The molecule has 2 amide bonds. The molecule has 1 saturated heterocycles. The molecule has 2 aliphatic rings. The maximum Gasteiger partial charge on any atom is 0.234 e. The lowest BCUT2D eigenvalue weighted by atomic mass is 10.1. The first-order valence-corrected chi connectivity index (χ1v) is 8.42. The molecule has 1 N–H and O–H groups in total. The van der Waals surface area contributed by atoms with Gasteiger partial charge in [-0.05, 0) is 24.5 Å². The van der Waals surface area contributed by atoms with Gasteiger partial charge < -0.3 is 5.41 Å². The van der Waals surface area contributed by atoms with E-state index in [4.69, 9.17) is 5.41 Å². The van der Waals surface area contributed by atoms with Gasteiger partial charge in [0.15, 0.2) is 0 Å². The van der Waals surface area contributed by atoms with Crippen LogP contribution in [0.4, 0.5) is 0 Å². The Kier molecular flexibility index (Phi) is 2.82. The van der Waals surface area contributed by atoms with E-state index in [1.807, 2.05) is 26.0 Å². The van der Waals surface area contributed by atoms with Gasteiger partial charge in [-0.3, -0.25) is 19.5 Å². The summed E-state index contributed by atoms with van der Waals surface area (Å²) in [6, 6.07) is 3.75. The highest BCUT2D eigenvalue weighted by Crippen LogP contribution is 2.63. The van der Waals surface area contributed by atoms with E-state index in [1.165, 1.54) is 16.2 Å². The Labute approximate surface area is 137 Å². The number of nitrogens with zero attached hydrogens (tertiary/aromatic N) is 2. The van der Waals surface area contributed by atoms with Crippen LogP contribution in [-0.2, 0) is 16.1 Å². The number of imide groups is 1. The number of hydrogen-bond acceptors (Lipinski definition) is 5. The van der Waals surface area contributed by atoms with Crippen LogP contribution in [0.3, 0.4) is 0 Å². The molecule has 6 heteroatoms. The average molecular weight is 327 g/mol. The van der Waals surface area contributed by atoms with Crippen LogP contribution in [0.1, 0.15) is 31.2 Å². The van der Waals surface area contributed by atoms with Crippen molar-refractivity contribution in [3.05, 3.63) is 28.8 Å². The number of pyridine rings is 1. The summed E-state index contributed by atoms with van der Waals surface area (Å²) in [7, 11) is 0. The molecular weight excluding hydrogens is 310 g/mol. The number of fused-ring (bicyclic) bond motifs is 2. The number of aromatic nitrogens is 1. The summed E-state index contributed by atoms with van der Waals surface area (Å²) in [6.45, 7) is 6.03. The molecule has 118 valence electrons. The Morgan fingerprint density at radius 2 is 2.00 bits per heavy atom. The summed E-state index contributed by atoms with van der Waals surface area (Å²) >= 11 is 1.51. The quantitative estimate of drug-likeness (QED) is 0.696. The normalized spacial score (nSPS) is 25.1. The first-order valence-electron chi connectivity index (χ1n) is 7.60. The number of amides is 2. The molecule has 4 rings (SSSR count). The fourth-order valence-corrected chi connectivity index (χ4v) is 4.85. The minimum atomic E-state index is -0.170. The maximum atomic E-state index is 12.4. The molecule has 0 bridgehead atoms. The fourth-order valence-electron chi connectivity index (χ4n) is 3.68. The minimum Gasteiger partial charge on any atom is -0.305 e. The highest BCUT2D eigenvalue weighted by Gasteiger charge is 2.72. The van der Waals surface area contributed by atoms with Gasteiger partial charge in [-0.15, -0.1) is 11.3 Å². The Bertz CT molecular complexity index is 859. The molecule has 0 spiro atoms. The summed E-state index contributed by atoms with van der Waals surface area (Å²) < 4.78 is 0.944. The van der Waals surface area contributed by atoms with Crippen LogP contribution in [0, 0.1) is 22.7 Å². The summed E-state index contributed by atoms with van der Waals surface area (Å²) in [6.07, 6.45) is 1.69. The SMILES string of the molecule is CC(=N)c1ccnc2cc(CN3C(=O)C4C(C3=O)C4(C)C)sc12. The molecule has 1 saturated carbocycles. The number of carbonyl (C=O) groups excluding carboxylic acids is 2. The van der Waals surface area contributed by atoms with Gasteiger partial charge in [-0.2, -0.15) is 0 Å². The molecule has 23 heavy (non-hydrogen) atoms. The Morgan fingerprint density at radius 3 is 2.61 bits per heavy atom. The molecule has 1 aliphatic carbocycles. The Balaban J connectivity index is 1.65. The topological polar surface area (TPSA) is 74.1 Å². The third kappa shape index (κ3) is 1.91. The first-order chi connectivity index (χ1) is 10.8. The first kappa shape index (κ1) is 14.5. The Morgan fingerprint density at radius 1 is 1.35 bits per heavy atom. The van der Waals surface area contributed by atoms with E-state index in [-0.39, 0.29) is 29.1 Å². The van der Waals surface area contributed by atoms with Crippen LogP contribution in [0.25, 0.3) is 10.2 Å². The van der Waals surface area contributed by atoms with E-state index in [0.717, 1.165) is 20.7 Å². The zero-order valence-corrected chi connectivity index (χ0v) is 14.0. The van der Waals surface area contributed by atoms with Crippen molar-refractivity contribution in [2.75, 3.05) is 0 Å². The van der Waals surface area contributed by atoms with Gasteiger partial charge in [-0.25, -0.2) is 0 Å². The van der Waals surface area contributed by atoms with E-state index >= 15 is 0 Å². The van der Waals surface area contributed by atoms with Crippen LogP contribution in [0.2, 0.25) is 0 Å². The van der Waals surface area contributed by atoms with Crippen LogP contribution < -0.4 is 0 Å². The molecule has 2 aromatic heterocycles. The molecule has 3 heterocycles. The second kappa shape index (κ2) is 4.47. The number of thiophene rings is 1. The van der Waals surface area contributed by atoms with Crippen molar-refractivity contribution in [2.45, 2.75) is 27.3 Å². The number of nitrogens with one attached hydrogen (secondary N) is 1. The van der Waals surface area contributed by atoms with Gasteiger partial charge in [0.2, 0.25) is 11.8 Å². The van der Waals surface area contributed by atoms with Crippen LogP contribution >= 0.6 is 11.3 Å². The lowest BCUT2D eigenvalue weighted by molar-refractivity contribution is -0.143. The average Bonchev–Trinajstić information content (AvgIpc) is 2.78. The second-order valence-electron chi connectivity index (χ2n) is 6.95. The molecule has 5 nitrogen and oxygen atoms in total. The van der Waals surface area contributed by atoms with Crippen molar-refractivity contribution in [3.63, 3.8) is 0 Å². The van der Waals surface area contributed by atoms with Crippen LogP contribution in [-0.4, -0.2) is 27.4 Å². The lowest BCUT2D eigenvalue weighted by Crippen LogP contribution is -2.35. The zero-order valence-electron chi connectivity index (χ0n) is 13.2. The van der Waals surface area contributed by atoms with E-state index in [9.17, 15) is 9.59 Å². The van der Waals surface area contributed by atoms with Gasteiger partial charge in [0.1, 0.15) is 0 Å². The van der Waals surface area contributed by atoms with Crippen molar-refractivity contribution in [2.24, 2.45) is 17.3 Å². The molecular formula is C17H17N3O2S. The largest absolute Gasteiger partial charge is 0.305 e. The van der Waals surface area contributed by atoms with Gasteiger partial charge in [0.05, 0.1) is 28.6 Å². The third-order valence-corrected chi connectivity index (χ3v) is 6.21. The molecule has 2 aromatic rings. The zero-order chi connectivity index (χ0) is 16.5. The van der Waals surface area contributed by atoms with E-state index in [2.05, 4.69) is 4.98 Å². The molecule has 0 radical (unpaired) electrons. The van der Waals surface area contributed by atoms with Gasteiger partial charge >= 0.3 is 0 Å². The van der Waals surface area contributed by atoms with E-state index in [1.54, 1.807) is 13.1 Å². The maximum absolute atomic E-state index is 12.4. The predicted molar refractivity (Wildman–Crippen MR) is 88.4 cm³/mol. The number of hydrogen-bond donors (Lipinski definition) is 1. The minimum absolute atomic E-state index is 0.0427. The lowest BCUT2D eigenvalue weighted by Gasteiger charge is -2.19. The summed E-state index contributed by atoms with van der Waals surface area (Å²) in [5.41, 5.74) is 1.99. The number of likely N-dealkylation sites (tertiary alicyclic amines) is 1. The summed E-state index contributed by atoms with van der Waals surface area (Å²) in [4.78, 5) is 31.5. The molecule has 1 aliphatic heterocycles. The third-order valence-electron chi connectivity index (χ3n) is 5.07. The number of piperidine rings is 1. The van der Waals surface area contributed by atoms with Crippen molar-refractivity contribution >= 4 is 39.1 Å². The fraction of sp³-hybridized carbons (Fsp3) is 0.412. The van der Waals surface area contributed by atoms with Crippen LogP contribution in [0.5, 0.6) is 0 Å². The highest BCUT2D eigenvalue weighted by molar-refractivity contribution is 7.19. The molecule has 2 unspecified atom stereocenters. The van der Waals surface area contributed by atoms with Crippen molar-refractivity contribution in [3.8, 4) is 0 Å². The van der Waals surface area contributed by atoms with Gasteiger partial charge in [-0.1, -0.05) is 13.8 Å². The standard InChI is InChI=1S/C17H17N3O2S/c1-8(18)10-4-5-19-11-6-9(23-14(10)11)7-20-15(21)12-13(16(20)22)17(12,2)3/h4-6,12-13,18H,7H2,1-3H3. The summed E-state index contributed by atoms with van der Waals surface area (Å²) in [5, 5.41) is 7.85. The van der Waals surface area contributed by atoms with E-state index < -0.39 is 0 Å². The van der Waals surface area contributed by atoms with Crippen LogP contribution in [0.15, 0.2) is 18.3 Å². The smallest absolute Gasteiger partial charge is 0.234 e. The molecule has 0 aromatic carbocycles. The number of carbonyl (C=O) groups is 2. The number of rotatable bonds is 3.